The van der Waals surface area contributed by atoms with Crippen molar-refractivity contribution in [3.63, 3.8) is 0 Å². The lowest BCUT2D eigenvalue weighted by molar-refractivity contribution is 0.469. The monoisotopic (exact) mass is 191 g/mol. The van der Waals surface area contributed by atoms with Gasteiger partial charge in [-0.05, 0) is 56.0 Å². The predicted octanol–water partition coefficient (Wildman–Crippen LogP) is 1.85. The Kier molecular flexibility index (Phi) is 2.73. The maximum absolute atomic E-state index is 9.56. The Morgan fingerprint density at radius 3 is 3.00 bits per heavy atom. The van der Waals surface area contributed by atoms with Gasteiger partial charge in [-0.1, -0.05) is 12.1 Å². The van der Waals surface area contributed by atoms with Crippen molar-refractivity contribution in [3.8, 4) is 5.75 Å². The molecule has 0 spiro atoms. The van der Waals surface area contributed by atoms with Gasteiger partial charge in [0.05, 0.1) is 0 Å². The summed E-state index contributed by atoms with van der Waals surface area (Å²) in [6, 6.07) is 6.01. The van der Waals surface area contributed by atoms with E-state index in [1.807, 2.05) is 19.1 Å². The number of aromatic hydroxyl groups is 1. The highest BCUT2D eigenvalue weighted by Crippen LogP contribution is 2.21. The van der Waals surface area contributed by atoms with Crippen LogP contribution in [0.25, 0.3) is 0 Å². The van der Waals surface area contributed by atoms with Gasteiger partial charge in [0.25, 0.3) is 0 Å². The molecule has 14 heavy (non-hydrogen) atoms. The summed E-state index contributed by atoms with van der Waals surface area (Å²) in [6.45, 7) is 4.19. The second kappa shape index (κ2) is 4.01. The van der Waals surface area contributed by atoms with Crippen LogP contribution in [-0.4, -0.2) is 18.2 Å². The molecule has 2 N–H and O–H groups in total. The van der Waals surface area contributed by atoms with Gasteiger partial charge in [-0.25, -0.2) is 0 Å². The topological polar surface area (TPSA) is 32.3 Å². The SMILES string of the molecule is Cc1ccc(CC2CCNC2)cc1O. The number of nitrogens with one attached hydrogen (secondary N) is 1. The van der Waals surface area contributed by atoms with E-state index in [1.54, 1.807) is 0 Å². The fourth-order valence-corrected chi connectivity index (χ4v) is 2.00. The molecule has 1 atom stereocenters. The van der Waals surface area contributed by atoms with E-state index in [9.17, 15) is 5.11 Å². The molecule has 1 aliphatic rings. The van der Waals surface area contributed by atoms with Gasteiger partial charge in [0.1, 0.15) is 5.75 Å². The van der Waals surface area contributed by atoms with E-state index in [1.165, 1.54) is 12.0 Å². The maximum Gasteiger partial charge on any atom is 0.118 e. The van der Waals surface area contributed by atoms with E-state index in [0.29, 0.717) is 5.75 Å². The Hall–Kier alpha value is -1.02. The van der Waals surface area contributed by atoms with Crippen LogP contribution in [0, 0.1) is 12.8 Å². The highest BCUT2D eigenvalue weighted by molar-refractivity contribution is 5.35. The van der Waals surface area contributed by atoms with Crippen molar-refractivity contribution < 1.29 is 5.11 Å². The van der Waals surface area contributed by atoms with Gasteiger partial charge in [-0.3, -0.25) is 0 Å². The average molecular weight is 191 g/mol. The quantitative estimate of drug-likeness (QED) is 0.747. The van der Waals surface area contributed by atoms with Crippen LogP contribution in [0.2, 0.25) is 0 Å². The van der Waals surface area contributed by atoms with Gasteiger partial charge in [-0.2, -0.15) is 0 Å². The molecule has 1 saturated heterocycles. The molecule has 1 heterocycles. The molecule has 1 unspecified atom stereocenters. The van der Waals surface area contributed by atoms with E-state index in [2.05, 4.69) is 11.4 Å². The summed E-state index contributed by atoms with van der Waals surface area (Å²) in [5.74, 6) is 1.17. The Labute approximate surface area is 85.0 Å². The first-order valence-electron chi connectivity index (χ1n) is 5.25. The Morgan fingerprint density at radius 2 is 2.36 bits per heavy atom. The molecule has 0 saturated carbocycles. The van der Waals surface area contributed by atoms with Gasteiger partial charge >= 0.3 is 0 Å². The summed E-state index contributed by atoms with van der Waals surface area (Å²) in [7, 11) is 0. The zero-order valence-electron chi connectivity index (χ0n) is 8.59. The maximum atomic E-state index is 9.56. The number of benzene rings is 1. The lowest BCUT2D eigenvalue weighted by atomic mass is 9.98. The predicted molar refractivity (Wildman–Crippen MR) is 57.5 cm³/mol. The minimum Gasteiger partial charge on any atom is -0.508 e. The van der Waals surface area contributed by atoms with Crippen LogP contribution < -0.4 is 5.32 Å². The van der Waals surface area contributed by atoms with Crippen molar-refractivity contribution in [1.82, 2.24) is 5.32 Å². The molecule has 1 aliphatic heterocycles. The zero-order valence-corrected chi connectivity index (χ0v) is 8.59. The second-order valence-corrected chi connectivity index (χ2v) is 4.18. The smallest absolute Gasteiger partial charge is 0.118 e. The minimum atomic E-state index is 0.424. The van der Waals surface area contributed by atoms with Crippen LogP contribution in [0.15, 0.2) is 18.2 Å². The summed E-state index contributed by atoms with van der Waals surface area (Å²) >= 11 is 0. The lowest BCUT2D eigenvalue weighted by Crippen LogP contribution is -2.10. The molecule has 2 rings (SSSR count). The van der Waals surface area contributed by atoms with Crippen LogP contribution in [0.3, 0.4) is 0 Å². The van der Waals surface area contributed by atoms with Crippen LogP contribution in [0.4, 0.5) is 0 Å². The van der Waals surface area contributed by atoms with E-state index in [0.717, 1.165) is 31.0 Å². The number of hydrogen-bond acceptors (Lipinski definition) is 2. The van der Waals surface area contributed by atoms with Crippen molar-refractivity contribution >= 4 is 0 Å². The third kappa shape index (κ3) is 2.07. The summed E-state index contributed by atoms with van der Waals surface area (Å²) in [5.41, 5.74) is 2.21. The Balaban J connectivity index is 2.05. The first kappa shape index (κ1) is 9.53. The molecule has 0 amide bonds. The van der Waals surface area contributed by atoms with E-state index < -0.39 is 0 Å². The Morgan fingerprint density at radius 1 is 1.50 bits per heavy atom. The zero-order chi connectivity index (χ0) is 9.97. The van der Waals surface area contributed by atoms with Crippen LogP contribution in [0.1, 0.15) is 17.5 Å². The first-order chi connectivity index (χ1) is 6.75. The van der Waals surface area contributed by atoms with Gasteiger partial charge in [0.15, 0.2) is 0 Å². The standard InChI is InChI=1S/C12H17NO/c1-9-2-3-10(7-12(9)14)6-11-4-5-13-8-11/h2-3,7,11,13-14H,4-6,8H2,1H3. The van der Waals surface area contributed by atoms with Crippen LogP contribution in [-0.2, 0) is 6.42 Å². The van der Waals surface area contributed by atoms with Crippen molar-refractivity contribution in [2.24, 2.45) is 5.92 Å². The van der Waals surface area contributed by atoms with Crippen molar-refractivity contribution in [1.29, 1.82) is 0 Å². The molecular formula is C12H17NO. The van der Waals surface area contributed by atoms with E-state index in [-0.39, 0.29) is 0 Å². The average Bonchev–Trinajstić information content (AvgIpc) is 2.64. The molecule has 1 aromatic carbocycles. The summed E-state index contributed by atoms with van der Waals surface area (Å²) in [4.78, 5) is 0. The normalized spacial score (nSPS) is 21.4. The van der Waals surface area contributed by atoms with Crippen molar-refractivity contribution in [2.75, 3.05) is 13.1 Å². The number of rotatable bonds is 2. The van der Waals surface area contributed by atoms with Gasteiger partial charge in [-0.15, -0.1) is 0 Å². The van der Waals surface area contributed by atoms with E-state index >= 15 is 0 Å². The molecule has 1 aromatic rings. The molecule has 0 bridgehead atoms. The first-order valence-corrected chi connectivity index (χ1v) is 5.25. The number of phenols is 1. The molecule has 0 aliphatic carbocycles. The molecule has 0 radical (unpaired) electrons. The minimum absolute atomic E-state index is 0.424. The fourth-order valence-electron chi connectivity index (χ4n) is 2.00. The lowest BCUT2D eigenvalue weighted by Gasteiger charge is -2.09. The molecule has 76 valence electrons. The van der Waals surface area contributed by atoms with Crippen molar-refractivity contribution in [3.05, 3.63) is 29.3 Å². The molecule has 1 fully saturated rings. The van der Waals surface area contributed by atoms with Crippen molar-refractivity contribution in [2.45, 2.75) is 19.8 Å². The van der Waals surface area contributed by atoms with Crippen LogP contribution >= 0.6 is 0 Å². The van der Waals surface area contributed by atoms with Crippen LogP contribution in [0.5, 0.6) is 5.75 Å². The number of phenolic OH excluding ortho intramolecular Hbond substituents is 1. The highest BCUT2D eigenvalue weighted by Gasteiger charge is 2.14. The second-order valence-electron chi connectivity index (χ2n) is 4.18. The summed E-state index contributed by atoms with van der Waals surface area (Å²) in [5, 5.41) is 12.9. The van der Waals surface area contributed by atoms with Gasteiger partial charge < -0.3 is 10.4 Å². The largest absolute Gasteiger partial charge is 0.508 e. The number of hydrogen-bond donors (Lipinski definition) is 2. The Bertz CT molecular complexity index is 316. The highest BCUT2D eigenvalue weighted by atomic mass is 16.3. The summed E-state index contributed by atoms with van der Waals surface area (Å²) in [6.07, 6.45) is 2.34. The molecular weight excluding hydrogens is 174 g/mol. The third-order valence-electron chi connectivity index (χ3n) is 2.96. The fraction of sp³-hybridized carbons (Fsp3) is 0.500. The molecule has 2 nitrogen and oxygen atoms in total. The van der Waals surface area contributed by atoms with E-state index in [4.69, 9.17) is 0 Å². The third-order valence-corrected chi connectivity index (χ3v) is 2.96. The molecule has 2 heteroatoms. The van der Waals surface area contributed by atoms with Gasteiger partial charge in [0, 0.05) is 0 Å². The van der Waals surface area contributed by atoms with Gasteiger partial charge in [0.2, 0.25) is 0 Å². The number of aryl methyl sites for hydroxylation is 1. The molecule has 0 aromatic heterocycles. The summed E-state index contributed by atoms with van der Waals surface area (Å²) < 4.78 is 0.